The number of benzene rings is 2. The molecule has 0 bridgehead atoms. The fourth-order valence-electron chi connectivity index (χ4n) is 6.50. The quantitative estimate of drug-likeness (QED) is 0.0240. The average Bonchev–Trinajstić information content (AvgIpc) is 3.21. The maximum Gasteiger partial charge on any atom is 0.460 e. The number of hydrogen-bond acceptors (Lipinski definition) is 7. The smallest absolute Gasteiger partial charge is 0.460 e. The fraction of sp³-hybridized carbons (Fsp3) is 0.590. The molecule has 2 rings (SSSR count). The van der Waals surface area contributed by atoms with E-state index in [4.69, 9.17) is 23.8 Å². The van der Waals surface area contributed by atoms with Crippen molar-refractivity contribution in [3.63, 3.8) is 0 Å². The minimum absolute atomic E-state index is 0.0991. The third kappa shape index (κ3) is 11.8. The van der Waals surface area contributed by atoms with Gasteiger partial charge in [0.15, 0.2) is 8.32 Å². The lowest BCUT2D eigenvalue weighted by molar-refractivity contribution is -0.461. The highest BCUT2D eigenvalue weighted by Crippen LogP contribution is 2.64. The van der Waals surface area contributed by atoms with E-state index in [1.54, 1.807) is 19.1 Å². The molecule has 0 unspecified atom stereocenters. The molecule has 0 fully saturated rings. The van der Waals surface area contributed by atoms with Crippen LogP contribution in [0.15, 0.2) is 60.7 Å². The summed E-state index contributed by atoms with van der Waals surface area (Å²) in [5.41, 5.74) is 0.348. The lowest BCUT2D eigenvalue weighted by Gasteiger charge is -2.44. The predicted octanol–water partition coefficient (Wildman–Crippen LogP) is 12.6. The molecule has 0 aliphatic carbocycles. The number of carbonyl (C=O) groups is 2. The second-order valence-corrected chi connectivity index (χ2v) is 20.5. The third-order valence-corrected chi connectivity index (χ3v) is 16.2. The summed E-state index contributed by atoms with van der Waals surface area (Å²) in [6.45, 7) is 5.92. The number of rotatable bonds is 24. The molecule has 376 valence electrons. The summed E-state index contributed by atoms with van der Waals surface area (Å²) >= 11 is 0. The number of nitrogens with one attached hydrogen (secondary N) is 2. The van der Waals surface area contributed by atoms with Crippen molar-refractivity contribution in [1.29, 1.82) is 0 Å². The zero-order valence-electron chi connectivity index (χ0n) is 35.4. The first-order chi connectivity index (χ1) is 30.0. The van der Waals surface area contributed by atoms with Gasteiger partial charge >= 0.3 is 53.7 Å². The van der Waals surface area contributed by atoms with Crippen LogP contribution < -0.4 is 20.3 Å². The maximum atomic E-state index is 15.0. The van der Waals surface area contributed by atoms with Gasteiger partial charge in [-0.3, -0.25) is 15.3 Å². The molecule has 0 saturated carbocycles. The van der Waals surface area contributed by atoms with Crippen molar-refractivity contribution in [3.05, 3.63) is 66.2 Å². The molecule has 2 amide bonds. The van der Waals surface area contributed by atoms with Gasteiger partial charge in [0.1, 0.15) is 24.2 Å². The molecule has 0 aliphatic heterocycles. The summed E-state index contributed by atoms with van der Waals surface area (Å²) in [7, 11) is -2.59. The Balaban J connectivity index is 2.29. The van der Waals surface area contributed by atoms with Crippen LogP contribution in [0.2, 0.25) is 17.1 Å². The van der Waals surface area contributed by atoms with Gasteiger partial charge in [0.05, 0.1) is 13.7 Å². The van der Waals surface area contributed by atoms with Crippen LogP contribution in [-0.4, -0.2) is 93.5 Å². The second-order valence-electron chi connectivity index (χ2n) is 15.4. The van der Waals surface area contributed by atoms with Crippen molar-refractivity contribution in [2.24, 2.45) is 5.92 Å². The number of hydrogen-bond donors (Lipinski definition) is 3. The largest absolute Gasteiger partial charge is 0.497 e. The van der Waals surface area contributed by atoms with E-state index in [2.05, 4.69) is 5.32 Å². The molecule has 2 atom stereocenters. The maximum absolute atomic E-state index is 15.0. The molecular formula is C39H45F17N2O7Si. The van der Waals surface area contributed by atoms with Crippen LogP contribution in [0.4, 0.5) is 85.1 Å². The highest BCUT2D eigenvalue weighted by molar-refractivity contribution is 6.76. The van der Waals surface area contributed by atoms with E-state index in [1.165, 1.54) is 82.8 Å². The van der Waals surface area contributed by atoms with Gasteiger partial charge in [0.2, 0.25) is 0 Å². The number of amides is 2. The summed E-state index contributed by atoms with van der Waals surface area (Å²) in [5.74, 6) is -57.6. The number of alkyl halides is 17. The van der Waals surface area contributed by atoms with E-state index in [9.17, 15) is 84.2 Å². The minimum atomic E-state index is -8.71. The van der Waals surface area contributed by atoms with Crippen LogP contribution in [0.1, 0.15) is 59.1 Å². The monoisotopic (exact) mass is 1000 g/mol. The molecule has 0 spiro atoms. The number of ether oxygens (including phenoxy) is 3. The van der Waals surface area contributed by atoms with Crippen LogP contribution in [0, 0.1) is 5.92 Å². The van der Waals surface area contributed by atoms with Crippen molar-refractivity contribution in [2.75, 3.05) is 25.6 Å². The SMILES string of the molecule is COc1ccc(NC(=O)O[C@H](c2ccc(OCCO[Si](CCC(F)(F)C(F)(F)C(F)(F)C(F)(F)C(F)(F)C(F)(F)C(F)(F)C(F)(F)F)(C(C)C)C(C)C)cc2)[C@H](C)C/C=C/C(=O)NO)cc1. The molecule has 0 heterocycles. The van der Waals surface area contributed by atoms with Crippen LogP contribution >= 0.6 is 0 Å². The number of halogens is 17. The molecule has 0 aromatic heterocycles. The van der Waals surface area contributed by atoms with Gasteiger partial charge in [-0.15, -0.1) is 0 Å². The van der Waals surface area contributed by atoms with E-state index >= 15 is 0 Å². The number of hydroxylamine groups is 1. The van der Waals surface area contributed by atoms with Gasteiger partial charge < -0.3 is 18.6 Å². The summed E-state index contributed by atoms with van der Waals surface area (Å²) in [4.78, 5) is 24.3. The van der Waals surface area contributed by atoms with Gasteiger partial charge in [-0.1, -0.05) is 52.8 Å². The highest BCUT2D eigenvalue weighted by Gasteiger charge is 2.95. The Morgan fingerprint density at radius 1 is 0.667 bits per heavy atom. The third-order valence-electron chi connectivity index (χ3n) is 10.5. The number of allylic oxidation sites excluding steroid dienone is 1. The van der Waals surface area contributed by atoms with Gasteiger partial charge in [0, 0.05) is 24.1 Å². The first-order valence-corrected chi connectivity index (χ1v) is 21.5. The zero-order valence-corrected chi connectivity index (χ0v) is 36.4. The van der Waals surface area contributed by atoms with Crippen molar-refractivity contribution < 1.29 is 108 Å². The summed E-state index contributed by atoms with van der Waals surface area (Å²) in [5, 5.41) is 11.3. The van der Waals surface area contributed by atoms with E-state index in [1.807, 2.05) is 0 Å². The summed E-state index contributed by atoms with van der Waals surface area (Å²) < 4.78 is 258. The van der Waals surface area contributed by atoms with Crippen LogP contribution in [0.25, 0.3) is 0 Å². The molecule has 0 aliphatic rings. The fourth-order valence-corrected chi connectivity index (χ4v) is 11.0. The molecule has 2 aromatic carbocycles. The Morgan fingerprint density at radius 2 is 1.14 bits per heavy atom. The standard InChI is InChI=1S/C39H45F17N2O7Si/c1-22(2)66(23(3)4,21-18-32(40,41)33(42,43)34(44,45)35(46,47)36(48,49)37(50,51)38(52,53)39(54,55)56)64-20-19-63-28-14-10-25(11-15-28)30(24(5)8-7-9-29(59)58-61)65-31(60)57-26-12-16-27(62-6)17-13-26/h7,9-17,22-24,30,61H,8,18-21H2,1-6H3,(H,57,60)(H,58,59)/b9-7+/t24-,30+/m1/s1. The summed E-state index contributed by atoms with van der Waals surface area (Å²) in [6, 6.07) is 10.5. The number of anilines is 1. The van der Waals surface area contributed by atoms with Gasteiger partial charge in [-0.25, -0.2) is 10.3 Å². The Hall–Kier alpha value is -4.53. The van der Waals surface area contributed by atoms with Crippen LogP contribution in [-0.2, 0) is 14.0 Å². The molecule has 66 heavy (non-hydrogen) atoms. The number of carbonyl (C=O) groups excluding carboxylic acids is 2. The molecular weight excluding hydrogens is 959 g/mol. The minimum Gasteiger partial charge on any atom is -0.497 e. The van der Waals surface area contributed by atoms with E-state index in [0.29, 0.717) is 17.0 Å². The molecule has 3 N–H and O–H groups in total. The first-order valence-electron chi connectivity index (χ1n) is 19.3. The topological polar surface area (TPSA) is 115 Å². The Kier molecular flexibility index (Phi) is 18.5. The summed E-state index contributed by atoms with van der Waals surface area (Å²) in [6.07, 6.45) is -9.73. The normalized spacial score (nSPS) is 14.9. The van der Waals surface area contributed by atoms with Gasteiger partial charge in [0.25, 0.3) is 5.91 Å². The zero-order chi connectivity index (χ0) is 51.1. The Morgan fingerprint density at radius 3 is 1.59 bits per heavy atom. The molecule has 27 heteroatoms. The predicted molar refractivity (Wildman–Crippen MR) is 203 cm³/mol. The van der Waals surface area contributed by atoms with Crippen molar-refractivity contribution in [1.82, 2.24) is 5.48 Å². The van der Waals surface area contributed by atoms with Gasteiger partial charge in [-0.05, 0) is 65.5 Å². The van der Waals surface area contributed by atoms with Gasteiger partial charge in [-0.2, -0.15) is 74.6 Å². The van der Waals surface area contributed by atoms with Crippen LogP contribution in [0.3, 0.4) is 0 Å². The van der Waals surface area contributed by atoms with E-state index in [-0.39, 0.29) is 12.2 Å². The lowest BCUT2D eigenvalue weighted by atomic mass is 9.88. The molecule has 2 aromatic rings. The van der Waals surface area contributed by atoms with Crippen molar-refractivity contribution in [2.45, 2.75) is 118 Å². The van der Waals surface area contributed by atoms with Crippen molar-refractivity contribution >= 4 is 26.0 Å². The van der Waals surface area contributed by atoms with Crippen LogP contribution in [0.5, 0.6) is 11.5 Å². The highest BCUT2D eigenvalue weighted by atomic mass is 28.4. The average molecular weight is 1000 g/mol. The molecule has 9 nitrogen and oxygen atoms in total. The Labute approximate surface area is 367 Å². The first kappa shape index (κ1) is 57.6. The van der Waals surface area contributed by atoms with E-state index in [0.717, 1.165) is 6.08 Å². The molecule has 0 saturated heterocycles. The van der Waals surface area contributed by atoms with Crippen molar-refractivity contribution in [3.8, 4) is 11.5 Å². The second kappa shape index (κ2) is 21.2. The molecule has 0 radical (unpaired) electrons. The Bertz CT molecular complexity index is 1920. The number of methoxy groups -OCH3 is 1. The van der Waals surface area contributed by atoms with E-state index < -0.39 is 117 Å². The lowest BCUT2D eigenvalue weighted by Crippen LogP contribution is -2.74.